The lowest BCUT2D eigenvalue weighted by Crippen LogP contribution is -1.98. The summed E-state index contributed by atoms with van der Waals surface area (Å²) < 4.78 is 10.5. The van der Waals surface area contributed by atoms with Gasteiger partial charge in [-0.05, 0) is 18.2 Å². The summed E-state index contributed by atoms with van der Waals surface area (Å²) in [5, 5.41) is 12.1. The number of imidazole rings is 1. The summed E-state index contributed by atoms with van der Waals surface area (Å²) in [4.78, 5) is 18.5. The van der Waals surface area contributed by atoms with E-state index < -0.39 is 5.97 Å². The van der Waals surface area contributed by atoms with Gasteiger partial charge >= 0.3 is 5.97 Å². The molecule has 23 heavy (non-hydrogen) atoms. The Balaban J connectivity index is 1.94. The molecule has 2 aromatic carbocycles. The van der Waals surface area contributed by atoms with Crippen molar-refractivity contribution in [2.24, 2.45) is 0 Å². The lowest BCUT2D eigenvalue weighted by atomic mass is 10.2. The number of nitrogens with one attached hydrogen (secondary N) is 2. The molecule has 7 nitrogen and oxygen atoms in total. The van der Waals surface area contributed by atoms with Crippen LogP contribution in [0.4, 0.5) is 11.6 Å². The molecule has 0 radical (unpaired) electrons. The Morgan fingerprint density at radius 2 is 1.91 bits per heavy atom. The zero-order chi connectivity index (χ0) is 16.4. The smallest absolute Gasteiger partial charge is 0.335 e. The van der Waals surface area contributed by atoms with Crippen molar-refractivity contribution in [1.29, 1.82) is 0 Å². The molecular weight excluding hydrogens is 298 g/mol. The van der Waals surface area contributed by atoms with Gasteiger partial charge in [-0.1, -0.05) is 6.07 Å². The van der Waals surface area contributed by atoms with Crippen molar-refractivity contribution in [1.82, 2.24) is 9.97 Å². The molecule has 3 N–H and O–H groups in total. The summed E-state index contributed by atoms with van der Waals surface area (Å²) in [7, 11) is 3.13. The number of aromatic amines is 1. The minimum absolute atomic E-state index is 0.203. The van der Waals surface area contributed by atoms with Crippen LogP contribution in [-0.4, -0.2) is 35.3 Å². The van der Waals surface area contributed by atoms with Crippen LogP contribution in [0.15, 0.2) is 36.4 Å². The third-order valence-electron chi connectivity index (χ3n) is 3.36. The van der Waals surface area contributed by atoms with Crippen molar-refractivity contribution in [2.45, 2.75) is 0 Å². The van der Waals surface area contributed by atoms with Gasteiger partial charge in [-0.3, -0.25) is 0 Å². The Kier molecular flexibility index (Phi) is 3.76. The molecule has 1 aromatic heterocycles. The van der Waals surface area contributed by atoms with Crippen LogP contribution in [-0.2, 0) is 0 Å². The second kappa shape index (κ2) is 5.88. The average molecular weight is 313 g/mol. The molecule has 3 aromatic rings. The van der Waals surface area contributed by atoms with Crippen molar-refractivity contribution in [3.63, 3.8) is 0 Å². The van der Waals surface area contributed by atoms with Crippen molar-refractivity contribution < 1.29 is 19.4 Å². The van der Waals surface area contributed by atoms with E-state index in [1.807, 2.05) is 0 Å². The Labute approximate surface area is 131 Å². The monoisotopic (exact) mass is 313 g/mol. The van der Waals surface area contributed by atoms with E-state index in [4.69, 9.17) is 14.6 Å². The molecule has 3 rings (SSSR count). The van der Waals surface area contributed by atoms with Gasteiger partial charge in [0, 0.05) is 17.8 Å². The van der Waals surface area contributed by atoms with Crippen LogP contribution < -0.4 is 14.8 Å². The number of benzene rings is 2. The van der Waals surface area contributed by atoms with Gasteiger partial charge in [0.2, 0.25) is 5.95 Å². The number of hydrogen-bond acceptors (Lipinski definition) is 5. The highest BCUT2D eigenvalue weighted by atomic mass is 16.5. The summed E-state index contributed by atoms with van der Waals surface area (Å²) in [6, 6.07) is 10.1. The fourth-order valence-corrected chi connectivity index (χ4v) is 2.26. The molecule has 0 amide bonds. The van der Waals surface area contributed by atoms with Gasteiger partial charge in [0.15, 0.2) is 11.5 Å². The van der Waals surface area contributed by atoms with E-state index in [1.165, 1.54) is 12.1 Å². The highest BCUT2D eigenvalue weighted by molar-refractivity contribution is 5.89. The number of carbonyl (C=O) groups is 1. The van der Waals surface area contributed by atoms with Gasteiger partial charge in [-0.25, -0.2) is 9.78 Å². The zero-order valence-corrected chi connectivity index (χ0v) is 12.6. The Morgan fingerprint density at radius 1 is 1.17 bits per heavy atom. The van der Waals surface area contributed by atoms with Gasteiger partial charge in [0.05, 0.1) is 30.8 Å². The third kappa shape index (κ3) is 2.89. The highest BCUT2D eigenvalue weighted by Crippen LogP contribution is 2.32. The predicted molar refractivity (Wildman–Crippen MR) is 85.9 cm³/mol. The third-order valence-corrected chi connectivity index (χ3v) is 3.36. The van der Waals surface area contributed by atoms with Crippen LogP contribution in [0.25, 0.3) is 11.0 Å². The molecule has 0 spiro atoms. The summed E-state index contributed by atoms with van der Waals surface area (Å²) >= 11 is 0. The summed E-state index contributed by atoms with van der Waals surface area (Å²) in [5.74, 6) is 0.708. The number of aromatic nitrogens is 2. The molecular formula is C16H15N3O4. The fraction of sp³-hybridized carbons (Fsp3) is 0.125. The van der Waals surface area contributed by atoms with E-state index >= 15 is 0 Å². The largest absolute Gasteiger partial charge is 0.493 e. The van der Waals surface area contributed by atoms with E-state index in [0.29, 0.717) is 28.7 Å². The number of H-pyrrole nitrogens is 1. The number of carboxylic acids is 1. The maximum Gasteiger partial charge on any atom is 0.335 e. The van der Waals surface area contributed by atoms with Crippen LogP contribution in [0.3, 0.4) is 0 Å². The minimum Gasteiger partial charge on any atom is -0.493 e. The molecule has 1 heterocycles. The number of nitrogens with zero attached hydrogens (tertiary/aromatic N) is 1. The molecule has 0 atom stereocenters. The fourth-order valence-electron chi connectivity index (χ4n) is 2.26. The van der Waals surface area contributed by atoms with Gasteiger partial charge in [-0.2, -0.15) is 0 Å². The molecule has 0 fully saturated rings. The molecule has 0 aliphatic rings. The van der Waals surface area contributed by atoms with Crippen molar-refractivity contribution >= 4 is 28.6 Å². The van der Waals surface area contributed by atoms with Gasteiger partial charge in [0.1, 0.15) is 0 Å². The normalized spacial score (nSPS) is 10.5. The van der Waals surface area contributed by atoms with Gasteiger partial charge < -0.3 is 24.9 Å². The van der Waals surface area contributed by atoms with Gasteiger partial charge in [0.25, 0.3) is 0 Å². The van der Waals surface area contributed by atoms with E-state index in [-0.39, 0.29) is 5.56 Å². The topological polar surface area (TPSA) is 96.5 Å². The van der Waals surface area contributed by atoms with Crippen molar-refractivity contribution in [3.05, 3.63) is 42.0 Å². The number of fused-ring (bicyclic) bond motifs is 1. The van der Waals surface area contributed by atoms with Gasteiger partial charge in [-0.15, -0.1) is 0 Å². The van der Waals surface area contributed by atoms with E-state index in [2.05, 4.69) is 15.3 Å². The number of hydrogen-bond donors (Lipinski definition) is 3. The first-order chi connectivity index (χ1) is 11.1. The number of rotatable bonds is 5. The van der Waals surface area contributed by atoms with E-state index in [9.17, 15) is 4.79 Å². The second-order valence-corrected chi connectivity index (χ2v) is 4.82. The maximum atomic E-state index is 11.0. The van der Waals surface area contributed by atoms with E-state index in [1.54, 1.807) is 38.5 Å². The molecule has 0 aliphatic carbocycles. The summed E-state index contributed by atoms with van der Waals surface area (Å²) in [6.07, 6.45) is 0. The second-order valence-electron chi connectivity index (χ2n) is 4.82. The first-order valence-electron chi connectivity index (χ1n) is 6.83. The number of carboxylic acid groups (broad SMARTS) is 1. The van der Waals surface area contributed by atoms with Crippen molar-refractivity contribution in [3.8, 4) is 11.5 Å². The van der Waals surface area contributed by atoms with Crippen LogP contribution >= 0.6 is 0 Å². The maximum absolute atomic E-state index is 11.0. The quantitative estimate of drug-likeness (QED) is 0.670. The Bertz CT molecular complexity index is 832. The SMILES string of the molecule is COc1cc2nc(Nc3cccc(C(=O)O)c3)[nH]c2cc1OC. The molecule has 7 heteroatoms. The summed E-state index contributed by atoms with van der Waals surface area (Å²) in [5.41, 5.74) is 2.32. The average Bonchev–Trinajstić information content (AvgIpc) is 2.94. The standard InChI is InChI=1S/C16H15N3O4/c1-22-13-7-11-12(8-14(13)23-2)19-16(18-11)17-10-5-3-4-9(6-10)15(20)21/h3-8H,1-2H3,(H,20,21)(H2,17,18,19). The van der Waals surface area contributed by atoms with E-state index in [0.717, 1.165) is 5.52 Å². The number of ether oxygens (including phenoxy) is 2. The molecule has 0 bridgehead atoms. The molecule has 0 saturated carbocycles. The first kappa shape index (κ1) is 14.7. The highest BCUT2D eigenvalue weighted by Gasteiger charge is 2.10. The Hall–Kier alpha value is -3.22. The number of anilines is 2. The number of aromatic carboxylic acids is 1. The Morgan fingerprint density at radius 3 is 2.61 bits per heavy atom. The van der Waals surface area contributed by atoms with Crippen LogP contribution in [0.1, 0.15) is 10.4 Å². The zero-order valence-electron chi connectivity index (χ0n) is 12.6. The number of methoxy groups -OCH3 is 2. The molecule has 118 valence electrons. The predicted octanol–water partition coefficient (Wildman–Crippen LogP) is 3.02. The molecule has 0 saturated heterocycles. The first-order valence-corrected chi connectivity index (χ1v) is 6.83. The van der Waals surface area contributed by atoms with Crippen LogP contribution in [0.5, 0.6) is 11.5 Å². The van der Waals surface area contributed by atoms with Crippen LogP contribution in [0.2, 0.25) is 0 Å². The molecule has 0 aliphatic heterocycles. The lowest BCUT2D eigenvalue weighted by Gasteiger charge is -2.06. The lowest BCUT2D eigenvalue weighted by molar-refractivity contribution is 0.0697. The minimum atomic E-state index is -0.979. The van der Waals surface area contributed by atoms with Crippen molar-refractivity contribution in [2.75, 3.05) is 19.5 Å². The summed E-state index contributed by atoms with van der Waals surface area (Å²) in [6.45, 7) is 0. The van der Waals surface area contributed by atoms with Crippen LogP contribution in [0, 0.1) is 0 Å². The molecule has 0 unspecified atom stereocenters.